The highest BCUT2D eigenvalue weighted by Crippen LogP contribution is 2.29. The monoisotopic (exact) mass is 486 g/mol. The van der Waals surface area contributed by atoms with Gasteiger partial charge in [0, 0.05) is 53.7 Å². The lowest BCUT2D eigenvalue weighted by atomic mass is 9.96. The Labute approximate surface area is 211 Å². The van der Waals surface area contributed by atoms with Crippen molar-refractivity contribution in [2.24, 2.45) is 21.1 Å². The highest BCUT2D eigenvalue weighted by Gasteiger charge is 2.26. The fraction of sp³-hybridized carbons (Fsp3) is 0.393. The number of aromatic nitrogens is 4. The van der Waals surface area contributed by atoms with E-state index >= 15 is 0 Å². The third-order valence-electron chi connectivity index (χ3n) is 7.45. The molecule has 0 spiro atoms. The molecule has 0 N–H and O–H groups in total. The van der Waals surface area contributed by atoms with Crippen LogP contribution in [-0.4, -0.2) is 61.2 Å². The number of aryl methyl sites for hydroxylation is 3. The molecule has 1 fully saturated rings. The molecule has 1 aliphatic rings. The number of fused-ring (bicyclic) bond motifs is 1. The summed E-state index contributed by atoms with van der Waals surface area (Å²) in [5, 5.41) is 0. The lowest BCUT2D eigenvalue weighted by Crippen LogP contribution is -2.48. The molecule has 8 heteroatoms. The minimum absolute atomic E-state index is 0.267. The largest absolute Gasteiger partial charge is 0.332 e. The molecule has 36 heavy (non-hydrogen) atoms. The Kier molecular flexibility index (Phi) is 6.89. The zero-order chi connectivity index (χ0) is 25.2. The Hall–Kier alpha value is -3.49. The number of benzene rings is 2. The van der Waals surface area contributed by atoms with Crippen molar-refractivity contribution in [1.82, 2.24) is 28.5 Å². The zero-order valence-electron chi connectivity index (χ0n) is 21.3. The summed E-state index contributed by atoms with van der Waals surface area (Å²) in [4.78, 5) is 34.6. The van der Waals surface area contributed by atoms with E-state index in [1.54, 1.807) is 7.05 Å². The predicted molar refractivity (Wildman–Crippen MR) is 142 cm³/mol. The summed E-state index contributed by atoms with van der Waals surface area (Å²) < 4.78 is 4.44. The van der Waals surface area contributed by atoms with Gasteiger partial charge in [0.25, 0.3) is 5.56 Å². The average molecular weight is 487 g/mol. The first-order chi connectivity index (χ1) is 17.5. The normalized spacial score (nSPS) is 15.2. The summed E-state index contributed by atoms with van der Waals surface area (Å²) in [6.45, 7) is 5.05. The molecule has 0 saturated carbocycles. The standard InChI is InChI=1S/C28H34N6O2/c1-30-23(29-26-25(30)27(35)32(3)28(36)31(26)2)15-10-16-33-17-19-34(20-18-33)24(21-11-6-4-7-12-21)22-13-8-5-9-14-22/h4-9,11-14,24H,10,15-20H2,1-3H3. The van der Waals surface area contributed by atoms with E-state index in [0.29, 0.717) is 11.2 Å². The van der Waals surface area contributed by atoms with Crippen LogP contribution in [0.15, 0.2) is 70.3 Å². The van der Waals surface area contributed by atoms with Gasteiger partial charge in [0.2, 0.25) is 0 Å². The third kappa shape index (κ3) is 4.54. The van der Waals surface area contributed by atoms with Crippen molar-refractivity contribution < 1.29 is 0 Å². The second-order valence-electron chi connectivity index (χ2n) is 9.67. The topological polar surface area (TPSA) is 68.3 Å². The van der Waals surface area contributed by atoms with Gasteiger partial charge in [-0.25, -0.2) is 9.78 Å². The maximum atomic E-state index is 12.6. The van der Waals surface area contributed by atoms with Crippen molar-refractivity contribution in [2.75, 3.05) is 32.7 Å². The van der Waals surface area contributed by atoms with Gasteiger partial charge in [0.15, 0.2) is 11.2 Å². The van der Waals surface area contributed by atoms with Gasteiger partial charge < -0.3 is 9.47 Å². The summed E-state index contributed by atoms with van der Waals surface area (Å²) in [6.07, 6.45) is 1.71. The number of nitrogens with zero attached hydrogens (tertiary/aromatic N) is 6. The maximum Gasteiger partial charge on any atom is 0.332 e. The fourth-order valence-corrected chi connectivity index (χ4v) is 5.38. The van der Waals surface area contributed by atoms with Crippen LogP contribution in [-0.2, 0) is 27.6 Å². The van der Waals surface area contributed by atoms with Crippen molar-refractivity contribution in [1.29, 1.82) is 0 Å². The Morgan fingerprint density at radius 3 is 1.94 bits per heavy atom. The second kappa shape index (κ2) is 10.2. The molecule has 0 unspecified atom stereocenters. The minimum atomic E-state index is -0.348. The van der Waals surface area contributed by atoms with Crippen LogP contribution >= 0.6 is 0 Å². The van der Waals surface area contributed by atoms with Crippen LogP contribution < -0.4 is 11.2 Å². The van der Waals surface area contributed by atoms with Gasteiger partial charge >= 0.3 is 5.69 Å². The van der Waals surface area contributed by atoms with Crippen LogP contribution in [0.5, 0.6) is 0 Å². The molecular weight excluding hydrogens is 452 g/mol. The molecule has 188 valence electrons. The van der Waals surface area contributed by atoms with Gasteiger partial charge in [-0.1, -0.05) is 60.7 Å². The summed E-state index contributed by atoms with van der Waals surface area (Å²) in [5.41, 5.74) is 2.97. The summed E-state index contributed by atoms with van der Waals surface area (Å²) in [5.74, 6) is 0.843. The Morgan fingerprint density at radius 1 is 0.778 bits per heavy atom. The zero-order valence-corrected chi connectivity index (χ0v) is 21.3. The number of piperazine rings is 1. The first kappa shape index (κ1) is 24.2. The van der Waals surface area contributed by atoms with E-state index in [4.69, 9.17) is 0 Å². The molecular formula is C28H34N6O2. The van der Waals surface area contributed by atoms with Crippen LogP contribution in [0.3, 0.4) is 0 Å². The molecule has 5 rings (SSSR count). The number of hydrogen-bond acceptors (Lipinski definition) is 5. The van der Waals surface area contributed by atoms with Gasteiger partial charge in [-0.3, -0.25) is 18.8 Å². The second-order valence-corrected chi connectivity index (χ2v) is 9.67. The molecule has 8 nitrogen and oxygen atoms in total. The Balaban J connectivity index is 1.23. The average Bonchev–Trinajstić information content (AvgIpc) is 3.24. The molecule has 1 aliphatic heterocycles. The van der Waals surface area contributed by atoms with Gasteiger partial charge in [-0.2, -0.15) is 0 Å². The molecule has 2 aromatic carbocycles. The molecule has 0 amide bonds. The highest BCUT2D eigenvalue weighted by atomic mass is 16.2. The van der Waals surface area contributed by atoms with Crippen molar-refractivity contribution in [3.63, 3.8) is 0 Å². The molecule has 0 radical (unpaired) electrons. The van der Waals surface area contributed by atoms with Gasteiger partial charge in [-0.15, -0.1) is 0 Å². The molecule has 3 heterocycles. The molecule has 2 aromatic heterocycles. The van der Waals surface area contributed by atoms with E-state index in [1.807, 2.05) is 11.6 Å². The van der Waals surface area contributed by atoms with Crippen LogP contribution in [0.4, 0.5) is 0 Å². The number of hydrogen-bond donors (Lipinski definition) is 0. The summed E-state index contributed by atoms with van der Waals surface area (Å²) >= 11 is 0. The van der Waals surface area contributed by atoms with Crippen molar-refractivity contribution >= 4 is 11.2 Å². The van der Waals surface area contributed by atoms with E-state index in [9.17, 15) is 9.59 Å². The van der Waals surface area contributed by atoms with Crippen molar-refractivity contribution in [3.8, 4) is 0 Å². The van der Waals surface area contributed by atoms with E-state index in [1.165, 1.54) is 22.7 Å². The first-order valence-electron chi connectivity index (χ1n) is 12.6. The van der Waals surface area contributed by atoms with E-state index in [2.05, 4.69) is 75.4 Å². The van der Waals surface area contributed by atoms with Gasteiger partial charge in [-0.05, 0) is 24.1 Å². The van der Waals surface area contributed by atoms with Crippen LogP contribution in [0.2, 0.25) is 0 Å². The third-order valence-corrected chi connectivity index (χ3v) is 7.45. The fourth-order valence-electron chi connectivity index (χ4n) is 5.38. The molecule has 0 bridgehead atoms. The van der Waals surface area contributed by atoms with Crippen molar-refractivity contribution in [2.45, 2.75) is 18.9 Å². The summed E-state index contributed by atoms with van der Waals surface area (Å²) in [6, 6.07) is 21.8. The first-order valence-corrected chi connectivity index (χ1v) is 12.6. The number of imidazole rings is 1. The predicted octanol–water partition coefficient (Wildman–Crippen LogP) is 2.31. The van der Waals surface area contributed by atoms with Gasteiger partial charge in [0.1, 0.15) is 5.82 Å². The van der Waals surface area contributed by atoms with Crippen molar-refractivity contribution in [3.05, 3.63) is 98.5 Å². The molecule has 0 atom stereocenters. The van der Waals surface area contributed by atoms with E-state index < -0.39 is 0 Å². The molecule has 4 aromatic rings. The summed E-state index contributed by atoms with van der Waals surface area (Å²) in [7, 11) is 5.04. The number of rotatable bonds is 7. The Bertz CT molecular complexity index is 1410. The maximum absolute atomic E-state index is 12.6. The highest BCUT2D eigenvalue weighted by molar-refractivity contribution is 5.70. The lowest BCUT2D eigenvalue weighted by Gasteiger charge is -2.39. The SMILES string of the molecule is Cn1c(=O)c2c(nc(CCCN3CCN(C(c4ccccc4)c4ccccc4)CC3)n2C)n(C)c1=O. The molecule has 1 saturated heterocycles. The van der Waals surface area contributed by atoms with E-state index in [-0.39, 0.29) is 17.3 Å². The lowest BCUT2D eigenvalue weighted by molar-refractivity contribution is 0.108. The smallest absolute Gasteiger partial charge is 0.325 e. The quantitative estimate of drug-likeness (QED) is 0.401. The molecule has 0 aliphatic carbocycles. The Morgan fingerprint density at radius 2 is 1.36 bits per heavy atom. The van der Waals surface area contributed by atoms with Gasteiger partial charge in [0.05, 0.1) is 6.04 Å². The van der Waals surface area contributed by atoms with Crippen LogP contribution in [0.25, 0.3) is 11.2 Å². The van der Waals surface area contributed by atoms with E-state index in [0.717, 1.165) is 56.0 Å². The van der Waals surface area contributed by atoms with Crippen LogP contribution in [0, 0.1) is 0 Å². The minimum Gasteiger partial charge on any atom is -0.325 e. The van der Waals surface area contributed by atoms with Crippen LogP contribution in [0.1, 0.15) is 29.4 Å².